The van der Waals surface area contributed by atoms with Crippen LogP contribution in [0.4, 0.5) is 0 Å². The van der Waals surface area contributed by atoms with Crippen molar-refractivity contribution in [3.8, 4) is 0 Å². The standard InChI is InChI=1S/C16H21N3O3/c1-18-16(21)14-8-11(5-6-19-14)10-3-4-12(13(17)7-10)9-15(20)22-2/h3-4,8,13H,5-7,9,17H2,1-2H3,(H,18,21). The summed E-state index contributed by atoms with van der Waals surface area (Å²) in [6, 6.07) is -0.206. The van der Waals surface area contributed by atoms with E-state index in [2.05, 4.69) is 15.0 Å². The van der Waals surface area contributed by atoms with Crippen LogP contribution in [0.2, 0.25) is 0 Å². The number of dihydropyridines is 1. The van der Waals surface area contributed by atoms with Crippen LogP contribution in [0.15, 0.2) is 39.9 Å². The van der Waals surface area contributed by atoms with Crippen molar-refractivity contribution in [1.29, 1.82) is 0 Å². The molecule has 0 aromatic heterocycles. The molecular formula is C16H21N3O3. The molecule has 1 atom stereocenters. The quantitative estimate of drug-likeness (QED) is 0.746. The lowest BCUT2D eigenvalue weighted by atomic mass is 9.86. The molecule has 0 spiro atoms. The molecule has 1 aliphatic heterocycles. The smallest absolute Gasteiger partial charge is 0.309 e. The summed E-state index contributed by atoms with van der Waals surface area (Å²) in [6.45, 7) is 0.597. The van der Waals surface area contributed by atoms with Crippen LogP contribution in [-0.2, 0) is 14.3 Å². The molecular weight excluding hydrogens is 282 g/mol. The van der Waals surface area contributed by atoms with E-state index >= 15 is 0 Å². The summed E-state index contributed by atoms with van der Waals surface area (Å²) in [7, 11) is 2.95. The number of nitrogens with two attached hydrogens (primary N) is 1. The number of nitrogens with one attached hydrogen (secondary N) is 1. The highest BCUT2D eigenvalue weighted by Gasteiger charge is 2.22. The average molecular weight is 303 g/mol. The second kappa shape index (κ2) is 7.17. The molecule has 3 N–H and O–H groups in total. The van der Waals surface area contributed by atoms with Gasteiger partial charge in [-0.1, -0.05) is 12.2 Å². The fraction of sp³-hybridized carbons (Fsp3) is 0.438. The minimum Gasteiger partial charge on any atom is -0.469 e. The van der Waals surface area contributed by atoms with Crippen LogP contribution in [0.25, 0.3) is 0 Å². The molecule has 0 saturated heterocycles. The van der Waals surface area contributed by atoms with Crippen molar-refractivity contribution >= 4 is 17.6 Å². The van der Waals surface area contributed by atoms with Crippen molar-refractivity contribution in [3.63, 3.8) is 0 Å². The normalized spacial score (nSPS) is 21.1. The van der Waals surface area contributed by atoms with E-state index in [4.69, 9.17) is 5.73 Å². The Kier molecular flexibility index (Phi) is 5.27. The molecule has 0 aromatic carbocycles. The maximum absolute atomic E-state index is 11.7. The number of nitrogens with zero attached hydrogens (tertiary/aromatic N) is 1. The van der Waals surface area contributed by atoms with Crippen molar-refractivity contribution in [2.75, 3.05) is 20.7 Å². The molecule has 1 unspecified atom stereocenters. The zero-order valence-electron chi connectivity index (χ0n) is 12.9. The summed E-state index contributed by atoms with van der Waals surface area (Å²) in [5.74, 6) is -0.468. The van der Waals surface area contributed by atoms with Gasteiger partial charge in [0.2, 0.25) is 0 Å². The first kappa shape index (κ1) is 16.2. The fourth-order valence-electron chi connectivity index (χ4n) is 2.53. The first-order valence-electron chi connectivity index (χ1n) is 7.24. The van der Waals surface area contributed by atoms with Crippen molar-refractivity contribution in [3.05, 3.63) is 34.9 Å². The lowest BCUT2D eigenvalue weighted by molar-refractivity contribution is -0.139. The largest absolute Gasteiger partial charge is 0.469 e. The van der Waals surface area contributed by atoms with Gasteiger partial charge in [-0.15, -0.1) is 0 Å². The second-order valence-corrected chi connectivity index (χ2v) is 5.26. The first-order valence-corrected chi connectivity index (χ1v) is 7.24. The van der Waals surface area contributed by atoms with E-state index in [0.717, 1.165) is 23.1 Å². The molecule has 2 aliphatic rings. The molecule has 1 aliphatic carbocycles. The molecule has 0 radical (unpaired) electrons. The van der Waals surface area contributed by atoms with Gasteiger partial charge in [-0.3, -0.25) is 14.6 Å². The Morgan fingerprint density at radius 3 is 2.82 bits per heavy atom. The van der Waals surface area contributed by atoms with E-state index in [9.17, 15) is 9.59 Å². The first-order chi connectivity index (χ1) is 10.5. The summed E-state index contributed by atoms with van der Waals surface area (Å²) in [5.41, 5.74) is 9.64. The van der Waals surface area contributed by atoms with Crippen LogP contribution in [0.1, 0.15) is 19.3 Å². The van der Waals surface area contributed by atoms with Gasteiger partial charge in [0.05, 0.1) is 13.5 Å². The predicted octanol–water partition coefficient (Wildman–Crippen LogP) is 0.650. The van der Waals surface area contributed by atoms with Crippen LogP contribution in [-0.4, -0.2) is 44.3 Å². The van der Waals surface area contributed by atoms with E-state index in [-0.39, 0.29) is 24.3 Å². The number of esters is 1. The molecule has 2 rings (SSSR count). The summed E-state index contributed by atoms with van der Waals surface area (Å²) < 4.78 is 4.67. The van der Waals surface area contributed by atoms with Crippen LogP contribution in [0.3, 0.4) is 0 Å². The molecule has 118 valence electrons. The number of amides is 1. The van der Waals surface area contributed by atoms with Crippen molar-refractivity contribution < 1.29 is 14.3 Å². The molecule has 1 heterocycles. The number of ether oxygens (including phenoxy) is 1. The third-order valence-electron chi connectivity index (χ3n) is 3.84. The highest BCUT2D eigenvalue weighted by atomic mass is 16.5. The number of allylic oxidation sites excluding steroid dienone is 2. The maximum atomic E-state index is 11.7. The van der Waals surface area contributed by atoms with E-state index in [1.165, 1.54) is 7.11 Å². The van der Waals surface area contributed by atoms with Crippen LogP contribution < -0.4 is 11.1 Å². The number of aliphatic imine (C=N–C) groups is 1. The average Bonchev–Trinajstić information content (AvgIpc) is 2.55. The second-order valence-electron chi connectivity index (χ2n) is 5.26. The molecule has 1 amide bonds. The zero-order chi connectivity index (χ0) is 16.1. The summed E-state index contributed by atoms with van der Waals surface area (Å²) >= 11 is 0. The van der Waals surface area contributed by atoms with Crippen molar-refractivity contribution in [2.24, 2.45) is 10.7 Å². The summed E-state index contributed by atoms with van der Waals surface area (Å²) in [5, 5.41) is 2.58. The fourth-order valence-corrected chi connectivity index (χ4v) is 2.53. The van der Waals surface area contributed by atoms with Gasteiger partial charge in [-0.25, -0.2) is 0 Å². The molecule has 6 nitrogen and oxygen atoms in total. The predicted molar refractivity (Wildman–Crippen MR) is 84.5 cm³/mol. The Morgan fingerprint density at radius 1 is 1.41 bits per heavy atom. The minimum absolute atomic E-state index is 0.181. The number of hydrogen-bond donors (Lipinski definition) is 2. The Bertz CT molecular complexity index is 600. The monoisotopic (exact) mass is 303 g/mol. The number of hydrogen-bond acceptors (Lipinski definition) is 5. The molecule has 0 saturated carbocycles. The van der Waals surface area contributed by atoms with Gasteiger partial charge in [0.15, 0.2) is 0 Å². The van der Waals surface area contributed by atoms with Gasteiger partial charge in [0.25, 0.3) is 5.91 Å². The Morgan fingerprint density at radius 2 is 2.18 bits per heavy atom. The lowest BCUT2D eigenvalue weighted by Gasteiger charge is -2.24. The van der Waals surface area contributed by atoms with Crippen LogP contribution >= 0.6 is 0 Å². The lowest BCUT2D eigenvalue weighted by Crippen LogP contribution is -2.30. The highest BCUT2D eigenvalue weighted by Crippen LogP contribution is 2.28. The molecule has 22 heavy (non-hydrogen) atoms. The summed E-state index contributed by atoms with van der Waals surface area (Å²) in [6.07, 6.45) is 7.33. The SMILES string of the molecule is CNC(=O)C1=NCCC(C2=CC=C(CC(=O)OC)C(N)C2)=C1. The molecule has 0 fully saturated rings. The van der Waals surface area contributed by atoms with Gasteiger partial charge in [0.1, 0.15) is 5.71 Å². The van der Waals surface area contributed by atoms with Gasteiger partial charge in [-0.05, 0) is 35.6 Å². The van der Waals surface area contributed by atoms with Gasteiger partial charge in [-0.2, -0.15) is 0 Å². The van der Waals surface area contributed by atoms with Crippen LogP contribution in [0, 0.1) is 0 Å². The van der Waals surface area contributed by atoms with Crippen molar-refractivity contribution in [2.45, 2.75) is 25.3 Å². The number of carbonyl (C=O) groups excluding carboxylic acids is 2. The van der Waals surface area contributed by atoms with E-state index in [1.807, 2.05) is 18.2 Å². The van der Waals surface area contributed by atoms with Gasteiger partial charge >= 0.3 is 5.97 Å². The summed E-state index contributed by atoms with van der Waals surface area (Å²) in [4.78, 5) is 27.2. The third-order valence-corrected chi connectivity index (χ3v) is 3.84. The van der Waals surface area contributed by atoms with Gasteiger partial charge in [0, 0.05) is 19.6 Å². The maximum Gasteiger partial charge on any atom is 0.309 e. The van der Waals surface area contributed by atoms with Crippen LogP contribution in [0.5, 0.6) is 0 Å². The molecule has 6 heteroatoms. The minimum atomic E-state index is -0.288. The van der Waals surface area contributed by atoms with E-state index in [0.29, 0.717) is 18.7 Å². The molecule has 0 aromatic rings. The number of rotatable bonds is 4. The zero-order valence-corrected chi connectivity index (χ0v) is 12.9. The van der Waals surface area contributed by atoms with Gasteiger partial charge < -0.3 is 15.8 Å². The van der Waals surface area contributed by atoms with E-state index in [1.54, 1.807) is 7.05 Å². The molecule has 0 bridgehead atoms. The number of carbonyl (C=O) groups is 2. The Balaban J connectivity index is 2.17. The highest BCUT2D eigenvalue weighted by molar-refractivity contribution is 6.43. The Hall–Kier alpha value is -2.21. The van der Waals surface area contributed by atoms with E-state index < -0.39 is 0 Å². The number of methoxy groups -OCH3 is 1. The third kappa shape index (κ3) is 3.71. The Labute approximate surface area is 129 Å². The van der Waals surface area contributed by atoms with Crippen molar-refractivity contribution in [1.82, 2.24) is 5.32 Å². The topological polar surface area (TPSA) is 93.8 Å².